The zero-order valence-electron chi connectivity index (χ0n) is 36.3. The van der Waals surface area contributed by atoms with Crippen LogP contribution in [0.5, 0.6) is 11.5 Å². The minimum Gasteiger partial charge on any atom is -0.548 e. The molecule has 3 aromatic rings. The van der Waals surface area contributed by atoms with Crippen molar-refractivity contribution in [3.63, 3.8) is 0 Å². The van der Waals surface area contributed by atoms with Crippen LogP contribution in [0.1, 0.15) is 48.8 Å². The van der Waals surface area contributed by atoms with Gasteiger partial charge in [-0.15, -0.1) is 0 Å². The number of unbranched alkanes of at least 4 members (excludes halogenated alkanes) is 1. The van der Waals surface area contributed by atoms with E-state index in [1.54, 1.807) is 0 Å². The molecule has 13 N–H and O–H groups in total. The van der Waals surface area contributed by atoms with Crippen molar-refractivity contribution in [2.45, 2.75) is 81.6 Å². The number of quaternary nitrogens is 1. The SMILES string of the molecule is C[N+](C)(C)CCCCC(NC(=O)C(N)Cc1ccc(Br)cc1)C(=O)NCC(=O)NC(CCCN=C(N)N)C(=O)NC(Cc1ccc(O)cc1)C(=O)NC(Cc1ccc(O)cc1)C(=O)[O-]. The fourth-order valence-electron chi connectivity index (χ4n) is 6.44. The van der Waals surface area contributed by atoms with Gasteiger partial charge in [-0.1, -0.05) is 52.3 Å². The lowest BCUT2D eigenvalue weighted by molar-refractivity contribution is -0.870. The van der Waals surface area contributed by atoms with Crippen LogP contribution in [0, 0.1) is 0 Å². The van der Waals surface area contributed by atoms with E-state index in [9.17, 15) is 44.1 Å². The molecular weight excluding hydrogens is 892 g/mol. The molecule has 0 aliphatic rings. The van der Waals surface area contributed by atoms with Crippen LogP contribution in [0.25, 0.3) is 0 Å². The summed E-state index contributed by atoms with van der Waals surface area (Å²) in [5.41, 5.74) is 19.0. The van der Waals surface area contributed by atoms with Gasteiger partial charge in [0.25, 0.3) is 0 Å². The van der Waals surface area contributed by atoms with Gasteiger partial charge in [0.15, 0.2) is 5.96 Å². The van der Waals surface area contributed by atoms with Crippen LogP contribution >= 0.6 is 15.9 Å². The molecule has 0 spiro atoms. The largest absolute Gasteiger partial charge is 0.548 e. The van der Waals surface area contributed by atoms with Crippen molar-refractivity contribution in [2.75, 3.05) is 40.8 Å². The summed E-state index contributed by atoms with van der Waals surface area (Å²) in [4.78, 5) is 84.1. The molecule has 19 nitrogen and oxygen atoms in total. The summed E-state index contributed by atoms with van der Waals surface area (Å²) in [6, 6.07) is 12.6. The minimum atomic E-state index is -1.60. The Kier molecular flexibility index (Phi) is 21.0. The molecule has 0 radical (unpaired) electrons. The number of carboxylic acids is 1. The number of aliphatic carboxylic acids is 1. The molecule has 0 saturated heterocycles. The Morgan fingerprint density at radius 2 is 1.11 bits per heavy atom. The van der Waals surface area contributed by atoms with Crippen LogP contribution < -0.4 is 48.9 Å². The Morgan fingerprint density at radius 3 is 1.66 bits per heavy atom. The number of halogens is 1. The summed E-state index contributed by atoms with van der Waals surface area (Å²) in [7, 11) is 6.12. The minimum absolute atomic E-state index is 0.0282. The lowest BCUT2D eigenvalue weighted by atomic mass is 10.0. The third kappa shape index (κ3) is 19.9. The number of phenolic OH excluding ortho intramolecular Hbond substituents is 2. The molecule has 0 aliphatic heterocycles. The lowest BCUT2D eigenvalue weighted by Gasteiger charge is -2.26. The Balaban J connectivity index is 1.77. The number of benzene rings is 3. The molecule has 3 aromatic carbocycles. The number of nitrogens with one attached hydrogen (secondary N) is 5. The number of guanidine groups is 1. The number of nitrogens with zero attached hydrogens (tertiary/aromatic N) is 2. The predicted octanol–water partition coefficient (Wildman–Crippen LogP) is -1.05. The molecule has 0 fully saturated rings. The van der Waals surface area contributed by atoms with E-state index in [2.05, 4.69) is 47.5 Å². The van der Waals surface area contributed by atoms with Gasteiger partial charge in [0, 0.05) is 17.4 Å². The zero-order chi connectivity index (χ0) is 47.4. The van der Waals surface area contributed by atoms with Crippen LogP contribution in [-0.4, -0.2) is 127 Å². The standard InChI is InChI=1S/C44H61BrN10O9/c1-55(2,3)22-5-4-7-34(52-39(59)33(46)23-27-9-15-30(45)16-10-27)40(60)50-26-38(58)51-35(8-6-21-49-44(47)48)41(61)53-36(24-28-11-17-31(56)18-12-28)42(62)54-37(43(63)64)25-29-13-19-32(57)20-14-29/h9-20,33-37H,4-8,21-26,46H2,1-3H3,(H11-,47,48,49,50,51,52,53,54,56,57,58,59,60,61,62,63,64). The molecule has 0 aromatic heterocycles. The molecule has 0 bridgehead atoms. The maximum absolute atomic E-state index is 14.0. The highest BCUT2D eigenvalue weighted by Gasteiger charge is 2.30. The van der Waals surface area contributed by atoms with Crippen LogP contribution in [-0.2, 0) is 48.0 Å². The van der Waals surface area contributed by atoms with Gasteiger partial charge >= 0.3 is 0 Å². The molecule has 348 valence electrons. The maximum atomic E-state index is 14.0. The zero-order valence-corrected chi connectivity index (χ0v) is 37.9. The summed E-state index contributed by atoms with van der Waals surface area (Å²) < 4.78 is 1.57. The van der Waals surface area contributed by atoms with Gasteiger partial charge in [-0.25, -0.2) is 0 Å². The van der Waals surface area contributed by atoms with Crippen molar-refractivity contribution in [1.29, 1.82) is 0 Å². The van der Waals surface area contributed by atoms with Gasteiger partial charge in [0.1, 0.15) is 29.6 Å². The van der Waals surface area contributed by atoms with Crippen molar-refractivity contribution >= 4 is 57.4 Å². The first-order valence-electron chi connectivity index (χ1n) is 20.8. The summed E-state index contributed by atoms with van der Waals surface area (Å²) in [6.07, 6.45) is 1.62. The maximum Gasteiger partial charge on any atom is 0.243 e. The number of amides is 5. The van der Waals surface area contributed by atoms with E-state index in [1.807, 2.05) is 45.4 Å². The number of aromatic hydroxyl groups is 2. The number of carboxylic acid groups (broad SMARTS) is 1. The Morgan fingerprint density at radius 1 is 0.641 bits per heavy atom. The molecular formula is C44H61BrN10O9. The quantitative estimate of drug-likeness (QED) is 0.0200. The first kappa shape index (κ1) is 52.1. The van der Waals surface area contributed by atoms with Gasteiger partial charge < -0.3 is 68.4 Å². The molecule has 0 saturated carbocycles. The first-order chi connectivity index (χ1) is 30.2. The van der Waals surface area contributed by atoms with Gasteiger partial charge in [0.05, 0.1) is 52.3 Å². The van der Waals surface area contributed by atoms with Gasteiger partial charge in [-0.2, -0.15) is 0 Å². The third-order valence-corrected chi connectivity index (χ3v) is 10.4. The Bertz CT molecular complexity index is 2040. The molecule has 5 amide bonds. The van der Waals surface area contributed by atoms with E-state index in [-0.39, 0.29) is 62.5 Å². The van der Waals surface area contributed by atoms with Crippen LogP contribution in [0.2, 0.25) is 0 Å². The number of carbonyl (C=O) groups is 6. The van der Waals surface area contributed by atoms with Gasteiger partial charge in [0.2, 0.25) is 29.5 Å². The summed E-state index contributed by atoms with van der Waals surface area (Å²) in [6.45, 7) is 0.309. The average molecular weight is 954 g/mol. The summed E-state index contributed by atoms with van der Waals surface area (Å²) in [5.74, 6) is -5.56. The molecule has 0 aliphatic carbocycles. The molecule has 5 atom stereocenters. The topological polar surface area (TPSA) is 317 Å². The van der Waals surface area contributed by atoms with E-state index in [0.29, 0.717) is 22.0 Å². The highest BCUT2D eigenvalue weighted by atomic mass is 79.9. The van der Waals surface area contributed by atoms with E-state index in [4.69, 9.17) is 17.2 Å². The normalized spacial score (nSPS) is 13.5. The fourth-order valence-corrected chi connectivity index (χ4v) is 6.70. The number of phenols is 2. The lowest BCUT2D eigenvalue weighted by Crippen LogP contribution is -2.58. The molecule has 5 unspecified atom stereocenters. The van der Waals surface area contributed by atoms with Gasteiger partial charge in [-0.05, 0) is 98.0 Å². The van der Waals surface area contributed by atoms with Crippen molar-refractivity contribution in [2.24, 2.45) is 22.2 Å². The van der Waals surface area contributed by atoms with Crippen molar-refractivity contribution in [3.8, 4) is 11.5 Å². The van der Waals surface area contributed by atoms with E-state index in [1.165, 1.54) is 48.5 Å². The molecule has 64 heavy (non-hydrogen) atoms. The Labute approximate surface area is 381 Å². The highest BCUT2D eigenvalue weighted by Crippen LogP contribution is 2.15. The van der Waals surface area contributed by atoms with Crippen molar-refractivity contribution in [1.82, 2.24) is 26.6 Å². The van der Waals surface area contributed by atoms with E-state index >= 15 is 0 Å². The van der Waals surface area contributed by atoms with Gasteiger partial charge in [-0.3, -0.25) is 29.0 Å². The molecule has 0 heterocycles. The number of hydrogen-bond donors (Lipinski definition) is 10. The number of rotatable bonds is 26. The molecule has 3 rings (SSSR count). The third-order valence-electron chi connectivity index (χ3n) is 9.92. The number of nitrogens with two attached hydrogens (primary N) is 3. The average Bonchev–Trinajstić information content (AvgIpc) is 3.23. The number of hydrogen-bond acceptors (Lipinski definition) is 11. The predicted molar refractivity (Wildman–Crippen MR) is 242 cm³/mol. The van der Waals surface area contributed by atoms with Crippen LogP contribution in [0.4, 0.5) is 0 Å². The summed E-state index contributed by atoms with van der Waals surface area (Å²) >= 11 is 3.38. The van der Waals surface area contributed by atoms with E-state index in [0.717, 1.165) is 23.0 Å². The molecule has 20 heteroatoms. The van der Waals surface area contributed by atoms with E-state index < -0.39 is 72.3 Å². The number of aliphatic imine (C=N–C) groups is 1. The second-order valence-electron chi connectivity index (χ2n) is 16.5. The van der Waals surface area contributed by atoms with Crippen LogP contribution in [0.15, 0.2) is 82.3 Å². The van der Waals surface area contributed by atoms with Crippen molar-refractivity contribution < 1.29 is 48.6 Å². The van der Waals surface area contributed by atoms with Crippen LogP contribution in [0.3, 0.4) is 0 Å². The second kappa shape index (κ2) is 25.8. The smallest absolute Gasteiger partial charge is 0.243 e. The second-order valence-corrected chi connectivity index (χ2v) is 17.4. The van der Waals surface area contributed by atoms with Crippen molar-refractivity contribution in [3.05, 3.63) is 94.0 Å². The Hall–Kier alpha value is -6.25. The summed E-state index contributed by atoms with van der Waals surface area (Å²) in [5, 5.41) is 44.5. The first-order valence-corrected chi connectivity index (χ1v) is 21.6. The monoisotopic (exact) mass is 952 g/mol. The number of carbonyl (C=O) groups excluding carboxylic acids is 6. The highest BCUT2D eigenvalue weighted by molar-refractivity contribution is 9.10. The fraction of sp³-hybridized carbons (Fsp3) is 0.432.